The summed E-state index contributed by atoms with van der Waals surface area (Å²) in [4.78, 5) is 16.2. The highest BCUT2D eigenvalue weighted by Gasteiger charge is 2.05. The molecule has 3 heteroatoms. The molecule has 1 N–H and O–H groups in total. The minimum Gasteiger partial charge on any atom is -0.322 e. The first-order valence-corrected chi connectivity index (χ1v) is 7.41. The summed E-state index contributed by atoms with van der Waals surface area (Å²) in [7, 11) is 0. The number of nitrogens with zero attached hydrogens (tertiary/aromatic N) is 1. The molecule has 1 aromatic heterocycles. The van der Waals surface area contributed by atoms with Crippen molar-refractivity contribution in [3.8, 4) is 0 Å². The molecule has 1 heterocycles. The molecule has 0 spiro atoms. The van der Waals surface area contributed by atoms with Crippen LogP contribution in [0.1, 0.15) is 50.2 Å². The van der Waals surface area contributed by atoms with Crippen LogP contribution in [0.4, 0.5) is 0 Å². The first-order chi connectivity index (χ1) is 10.2. The van der Waals surface area contributed by atoms with E-state index in [1.807, 2.05) is 64.1 Å². The molecule has 0 saturated carbocycles. The number of carbonyl (C=O) groups is 1. The van der Waals surface area contributed by atoms with Crippen molar-refractivity contribution in [2.75, 3.05) is 0 Å². The molecular formula is C18H26N2O. The average molecular weight is 286 g/mol. The summed E-state index contributed by atoms with van der Waals surface area (Å²) in [5.41, 5.74) is 2.22. The van der Waals surface area contributed by atoms with E-state index in [0.29, 0.717) is 5.56 Å². The molecule has 0 bridgehead atoms. The number of pyridine rings is 1. The molecule has 1 amide bonds. The van der Waals surface area contributed by atoms with Crippen molar-refractivity contribution in [3.05, 3.63) is 65.7 Å². The number of hydrogen-bond acceptors (Lipinski definition) is 2. The smallest absolute Gasteiger partial charge is 0.257 e. The second-order valence-corrected chi connectivity index (χ2v) is 4.10. The molecule has 0 atom stereocenters. The first kappa shape index (κ1) is 18.8. The third kappa shape index (κ3) is 7.88. The summed E-state index contributed by atoms with van der Waals surface area (Å²) in [6, 6.07) is 3.60. The Kier molecular flexibility index (Phi) is 10.5. The number of carbonyl (C=O) groups excluding carboxylic acids is 1. The molecule has 1 rings (SSSR count). The Bertz CT molecular complexity index is 496. The molecule has 0 radical (unpaired) electrons. The van der Waals surface area contributed by atoms with E-state index in [2.05, 4.69) is 17.2 Å². The Morgan fingerprint density at radius 1 is 1.33 bits per heavy atom. The summed E-state index contributed by atoms with van der Waals surface area (Å²) in [5.74, 6) is -0.149. The number of rotatable bonds is 5. The maximum Gasteiger partial charge on any atom is 0.257 e. The Labute approximate surface area is 128 Å². The zero-order chi connectivity index (χ0) is 16.1. The van der Waals surface area contributed by atoms with E-state index in [0.717, 1.165) is 17.8 Å². The van der Waals surface area contributed by atoms with Gasteiger partial charge in [-0.1, -0.05) is 39.0 Å². The molecule has 0 fully saturated rings. The van der Waals surface area contributed by atoms with Crippen LogP contribution in [-0.4, -0.2) is 10.9 Å². The standard InChI is InChI=1S/C16H20N2O.C2H6/c1-4-6-8-15(9-7-5-2)18-16(19)14-11-10-13(3)17-12-14;1-2/h4,6-12H,5H2,1-3H3,(H,18,19);1-2H3/b6-4-,9-7-,15-8+;. The number of aromatic nitrogens is 1. The SMILES string of the molecule is CC.C\C=C/C=C(\C=C/CC)NC(=O)c1ccc(C)nc1. The van der Waals surface area contributed by atoms with Crippen LogP contribution in [0.2, 0.25) is 0 Å². The first-order valence-electron chi connectivity index (χ1n) is 7.41. The monoisotopic (exact) mass is 286 g/mol. The summed E-state index contributed by atoms with van der Waals surface area (Å²) in [6.07, 6.45) is 12.1. The van der Waals surface area contributed by atoms with Crippen LogP contribution in [-0.2, 0) is 0 Å². The molecule has 1 aromatic rings. The predicted octanol–water partition coefficient (Wildman–Crippen LogP) is 4.57. The normalized spacial score (nSPS) is 11.4. The lowest BCUT2D eigenvalue weighted by molar-refractivity contribution is 0.0967. The predicted molar refractivity (Wildman–Crippen MR) is 90.1 cm³/mol. The zero-order valence-electron chi connectivity index (χ0n) is 13.7. The van der Waals surface area contributed by atoms with Crippen LogP contribution >= 0.6 is 0 Å². The Balaban J connectivity index is 0.00000191. The van der Waals surface area contributed by atoms with E-state index in [1.54, 1.807) is 12.3 Å². The number of amides is 1. The highest BCUT2D eigenvalue weighted by molar-refractivity contribution is 5.95. The maximum absolute atomic E-state index is 12.0. The zero-order valence-corrected chi connectivity index (χ0v) is 13.7. The third-order valence-electron chi connectivity index (χ3n) is 2.43. The molecule has 3 nitrogen and oxygen atoms in total. The van der Waals surface area contributed by atoms with Gasteiger partial charge in [-0.05, 0) is 44.6 Å². The molecule has 0 unspecified atom stereocenters. The third-order valence-corrected chi connectivity index (χ3v) is 2.43. The van der Waals surface area contributed by atoms with Gasteiger partial charge in [-0.2, -0.15) is 0 Å². The second kappa shape index (κ2) is 11.6. The molecule has 0 aliphatic heterocycles. The summed E-state index contributed by atoms with van der Waals surface area (Å²) >= 11 is 0. The van der Waals surface area contributed by atoms with Gasteiger partial charge < -0.3 is 5.32 Å². The molecule has 0 saturated heterocycles. The largest absolute Gasteiger partial charge is 0.322 e. The van der Waals surface area contributed by atoms with Gasteiger partial charge in [-0.3, -0.25) is 9.78 Å². The van der Waals surface area contributed by atoms with Gasteiger partial charge in [0.25, 0.3) is 5.91 Å². The highest BCUT2D eigenvalue weighted by atomic mass is 16.1. The Morgan fingerprint density at radius 3 is 2.57 bits per heavy atom. The quantitative estimate of drug-likeness (QED) is 0.805. The van der Waals surface area contributed by atoms with Crippen molar-refractivity contribution in [2.45, 2.75) is 41.0 Å². The minimum absolute atomic E-state index is 0.149. The van der Waals surface area contributed by atoms with Crippen LogP contribution in [0, 0.1) is 6.92 Å². The van der Waals surface area contributed by atoms with Crippen molar-refractivity contribution in [1.82, 2.24) is 10.3 Å². The van der Waals surface area contributed by atoms with Crippen LogP contribution in [0.3, 0.4) is 0 Å². The van der Waals surface area contributed by atoms with Gasteiger partial charge in [0.1, 0.15) is 0 Å². The van der Waals surface area contributed by atoms with E-state index >= 15 is 0 Å². The van der Waals surface area contributed by atoms with E-state index in [-0.39, 0.29) is 5.91 Å². The van der Waals surface area contributed by atoms with Gasteiger partial charge in [0.2, 0.25) is 0 Å². The van der Waals surface area contributed by atoms with Gasteiger partial charge >= 0.3 is 0 Å². The molecule has 0 aliphatic rings. The average Bonchev–Trinajstić information content (AvgIpc) is 2.52. The Hall–Kier alpha value is -2.16. The number of allylic oxidation sites excluding steroid dienone is 5. The van der Waals surface area contributed by atoms with E-state index in [1.165, 1.54) is 0 Å². The summed E-state index contributed by atoms with van der Waals surface area (Å²) < 4.78 is 0. The van der Waals surface area contributed by atoms with Crippen LogP contribution in [0.5, 0.6) is 0 Å². The molecule has 0 aromatic carbocycles. The van der Waals surface area contributed by atoms with Crippen molar-refractivity contribution in [2.24, 2.45) is 0 Å². The maximum atomic E-state index is 12.0. The Morgan fingerprint density at radius 2 is 2.05 bits per heavy atom. The molecular weight excluding hydrogens is 260 g/mol. The number of hydrogen-bond donors (Lipinski definition) is 1. The molecule has 0 aliphatic carbocycles. The van der Waals surface area contributed by atoms with Crippen molar-refractivity contribution in [3.63, 3.8) is 0 Å². The van der Waals surface area contributed by atoms with Crippen LogP contribution in [0.25, 0.3) is 0 Å². The lowest BCUT2D eigenvalue weighted by Gasteiger charge is -2.05. The molecule has 114 valence electrons. The fraction of sp³-hybridized carbons (Fsp3) is 0.333. The van der Waals surface area contributed by atoms with Crippen molar-refractivity contribution >= 4 is 5.91 Å². The van der Waals surface area contributed by atoms with Crippen LogP contribution < -0.4 is 5.32 Å². The topological polar surface area (TPSA) is 42.0 Å². The van der Waals surface area contributed by atoms with Crippen LogP contribution in [0.15, 0.2) is 54.4 Å². The second-order valence-electron chi connectivity index (χ2n) is 4.10. The van der Waals surface area contributed by atoms with Gasteiger partial charge in [0, 0.05) is 17.6 Å². The minimum atomic E-state index is -0.149. The van der Waals surface area contributed by atoms with E-state index in [4.69, 9.17) is 0 Å². The van der Waals surface area contributed by atoms with Crippen molar-refractivity contribution in [1.29, 1.82) is 0 Å². The van der Waals surface area contributed by atoms with E-state index < -0.39 is 0 Å². The lowest BCUT2D eigenvalue weighted by atomic mass is 10.2. The summed E-state index contributed by atoms with van der Waals surface area (Å²) in [5, 5.41) is 2.87. The fourth-order valence-corrected chi connectivity index (χ4v) is 1.39. The summed E-state index contributed by atoms with van der Waals surface area (Å²) in [6.45, 7) is 9.88. The van der Waals surface area contributed by atoms with E-state index in [9.17, 15) is 4.79 Å². The highest BCUT2D eigenvalue weighted by Crippen LogP contribution is 2.02. The van der Waals surface area contributed by atoms with Crippen molar-refractivity contribution < 1.29 is 4.79 Å². The molecule has 21 heavy (non-hydrogen) atoms. The number of aryl methyl sites for hydroxylation is 1. The van der Waals surface area contributed by atoms with Gasteiger partial charge in [0.05, 0.1) is 5.56 Å². The van der Waals surface area contributed by atoms with Gasteiger partial charge in [-0.25, -0.2) is 0 Å². The fourth-order valence-electron chi connectivity index (χ4n) is 1.39. The van der Waals surface area contributed by atoms with Gasteiger partial charge in [0.15, 0.2) is 0 Å². The lowest BCUT2D eigenvalue weighted by Crippen LogP contribution is -2.22. The van der Waals surface area contributed by atoms with Gasteiger partial charge in [-0.15, -0.1) is 0 Å². The number of nitrogens with one attached hydrogen (secondary N) is 1.